The average Bonchev–Trinajstić information content (AvgIpc) is 3.13. The fourth-order valence-electron chi connectivity index (χ4n) is 3.42. The standard InChI is InChI=1S/C15H25N3O3S/c1-2-16-8-5-9-17(12-11-16)22(19,20)18-10-3-6-14(18)15-7-4-13-21-15/h4,7,13-14H,2-3,5-6,8-12H2,1H3/t14-/m1/s1. The Bertz CT molecular complexity index is 573. The molecular weight excluding hydrogens is 302 g/mol. The fraction of sp³-hybridized carbons (Fsp3) is 0.733. The highest BCUT2D eigenvalue weighted by molar-refractivity contribution is 7.86. The van der Waals surface area contributed by atoms with E-state index in [2.05, 4.69) is 11.8 Å². The van der Waals surface area contributed by atoms with E-state index < -0.39 is 10.2 Å². The molecule has 1 aromatic heterocycles. The molecule has 7 heteroatoms. The lowest BCUT2D eigenvalue weighted by Gasteiger charge is -2.29. The van der Waals surface area contributed by atoms with E-state index in [1.165, 1.54) is 0 Å². The molecule has 0 bridgehead atoms. The minimum absolute atomic E-state index is 0.148. The molecule has 2 saturated heterocycles. The highest BCUT2D eigenvalue weighted by Crippen LogP contribution is 2.35. The summed E-state index contributed by atoms with van der Waals surface area (Å²) in [4.78, 5) is 2.31. The molecule has 2 aliphatic rings. The lowest BCUT2D eigenvalue weighted by Crippen LogP contribution is -2.45. The van der Waals surface area contributed by atoms with Gasteiger partial charge in [-0.1, -0.05) is 6.92 Å². The summed E-state index contributed by atoms with van der Waals surface area (Å²) >= 11 is 0. The second-order valence-electron chi connectivity index (χ2n) is 5.98. The van der Waals surface area contributed by atoms with Gasteiger partial charge in [-0.3, -0.25) is 0 Å². The third-order valence-corrected chi connectivity index (χ3v) is 6.74. The smallest absolute Gasteiger partial charge is 0.282 e. The van der Waals surface area contributed by atoms with Gasteiger partial charge in [-0.05, 0) is 44.5 Å². The molecule has 0 amide bonds. The Morgan fingerprint density at radius 2 is 2.05 bits per heavy atom. The molecule has 0 aromatic carbocycles. The van der Waals surface area contributed by atoms with Crippen molar-refractivity contribution in [3.05, 3.63) is 24.2 Å². The first-order valence-electron chi connectivity index (χ1n) is 8.15. The Hall–Kier alpha value is -0.890. The zero-order valence-electron chi connectivity index (χ0n) is 13.1. The van der Waals surface area contributed by atoms with Gasteiger partial charge in [0.2, 0.25) is 0 Å². The van der Waals surface area contributed by atoms with E-state index in [0.29, 0.717) is 19.6 Å². The first kappa shape index (κ1) is 16.0. The number of rotatable bonds is 4. The van der Waals surface area contributed by atoms with Crippen LogP contribution in [0.25, 0.3) is 0 Å². The summed E-state index contributed by atoms with van der Waals surface area (Å²) in [7, 11) is -3.41. The normalized spacial score (nSPS) is 26.3. The van der Waals surface area contributed by atoms with Gasteiger partial charge in [-0.25, -0.2) is 0 Å². The van der Waals surface area contributed by atoms with Crippen molar-refractivity contribution in [1.29, 1.82) is 0 Å². The minimum Gasteiger partial charge on any atom is -0.468 e. The van der Waals surface area contributed by atoms with Gasteiger partial charge in [0.15, 0.2) is 0 Å². The summed E-state index contributed by atoms with van der Waals surface area (Å²) < 4.78 is 34.8. The van der Waals surface area contributed by atoms with Crippen molar-refractivity contribution in [3.8, 4) is 0 Å². The quantitative estimate of drug-likeness (QED) is 0.844. The van der Waals surface area contributed by atoms with E-state index in [0.717, 1.165) is 44.7 Å². The van der Waals surface area contributed by atoms with Gasteiger partial charge in [0, 0.05) is 26.2 Å². The molecular formula is C15H25N3O3S. The molecule has 0 spiro atoms. The number of hydrogen-bond acceptors (Lipinski definition) is 4. The molecule has 2 aliphatic heterocycles. The van der Waals surface area contributed by atoms with E-state index in [1.807, 2.05) is 12.1 Å². The third-order valence-electron chi connectivity index (χ3n) is 4.69. The first-order chi connectivity index (χ1) is 10.6. The monoisotopic (exact) mass is 327 g/mol. The predicted octanol–water partition coefficient (Wildman–Crippen LogP) is 1.69. The van der Waals surface area contributed by atoms with E-state index in [4.69, 9.17) is 4.42 Å². The van der Waals surface area contributed by atoms with Gasteiger partial charge in [0.05, 0.1) is 12.3 Å². The topological polar surface area (TPSA) is 57.0 Å². The van der Waals surface area contributed by atoms with E-state index in [-0.39, 0.29) is 6.04 Å². The molecule has 1 aromatic rings. The summed E-state index contributed by atoms with van der Waals surface area (Å²) in [6.07, 6.45) is 4.23. The predicted molar refractivity (Wildman–Crippen MR) is 84.6 cm³/mol. The van der Waals surface area contributed by atoms with Crippen LogP contribution in [0, 0.1) is 0 Å². The largest absolute Gasteiger partial charge is 0.468 e. The van der Waals surface area contributed by atoms with Gasteiger partial charge in [0.1, 0.15) is 5.76 Å². The zero-order valence-corrected chi connectivity index (χ0v) is 14.0. The Morgan fingerprint density at radius 1 is 1.18 bits per heavy atom. The molecule has 3 heterocycles. The van der Waals surface area contributed by atoms with E-state index >= 15 is 0 Å². The van der Waals surface area contributed by atoms with Gasteiger partial charge >= 0.3 is 0 Å². The van der Waals surface area contributed by atoms with Crippen LogP contribution in [0.15, 0.2) is 22.8 Å². The van der Waals surface area contributed by atoms with Gasteiger partial charge in [0.25, 0.3) is 10.2 Å². The Balaban J connectivity index is 1.77. The number of furan rings is 1. The molecule has 0 radical (unpaired) electrons. The summed E-state index contributed by atoms with van der Waals surface area (Å²) in [6, 6.07) is 3.55. The van der Waals surface area contributed by atoms with Crippen LogP contribution < -0.4 is 0 Å². The average molecular weight is 327 g/mol. The molecule has 2 fully saturated rings. The molecule has 22 heavy (non-hydrogen) atoms. The van der Waals surface area contributed by atoms with Gasteiger partial charge in [-0.15, -0.1) is 0 Å². The van der Waals surface area contributed by atoms with Crippen LogP contribution in [0.2, 0.25) is 0 Å². The van der Waals surface area contributed by atoms with Crippen molar-refractivity contribution in [2.75, 3.05) is 39.3 Å². The highest BCUT2D eigenvalue weighted by atomic mass is 32.2. The molecule has 0 unspecified atom stereocenters. The van der Waals surface area contributed by atoms with Crippen molar-refractivity contribution in [3.63, 3.8) is 0 Å². The summed E-state index contributed by atoms with van der Waals surface area (Å²) in [6.45, 7) is 6.67. The van der Waals surface area contributed by atoms with E-state index in [9.17, 15) is 8.42 Å². The molecule has 0 N–H and O–H groups in total. The van der Waals surface area contributed by atoms with Crippen molar-refractivity contribution >= 4 is 10.2 Å². The van der Waals surface area contributed by atoms with Crippen molar-refractivity contribution < 1.29 is 12.8 Å². The SMILES string of the molecule is CCN1CCCN(S(=O)(=O)N2CCC[C@@H]2c2ccco2)CC1. The van der Waals surface area contributed by atoms with Crippen LogP contribution in [0.3, 0.4) is 0 Å². The van der Waals surface area contributed by atoms with Crippen LogP contribution >= 0.6 is 0 Å². The molecule has 3 rings (SSSR count). The minimum atomic E-state index is -3.41. The first-order valence-corrected chi connectivity index (χ1v) is 9.55. The van der Waals surface area contributed by atoms with Crippen molar-refractivity contribution in [2.24, 2.45) is 0 Å². The maximum Gasteiger partial charge on any atom is 0.282 e. The van der Waals surface area contributed by atoms with Crippen LogP contribution in [0.4, 0.5) is 0 Å². The summed E-state index contributed by atoms with van der Waals surface area (Å²) in [5.74, 6) is 0.756. The second kappa shape index (κ2) is 6.70. The molecule has 0 saturated carbocycles. The van der Waals surface area contributed by atoms with Gasteiger partial charge in [-0.2, -0.15) is 17.0 Å². The van der Waals surface area contributed by atoms with Crippen molar-refractivity contribution in [1.82, 2.24) is 13.5 Å². The number of likely N-dealkylation sites (N-methyl/N-ethyl adjacent to an activating group) is 1. The number of nitrogens with zero attached hydrogens (tertiary/aromatic N) is 3. The van der Waals surface area contributed by atoms with Crippen LogP contribution in [-0.2, 0) is 10.2 Å². The Morgan fingerprint density at radius 3 is 2.77 bits per heavy atom. The molecule has 6 nitrogen and oxygen atoms in total. The van der Waals surface area contributed by atoms with E-state index in [1.54, 1.807) is 14.9 Å². The lowest BCUT2D eigenvalue weighted by atomic mass is 10.2. The molecule has 1 atom stereocenters. The maximum absolute atomic E-state index is 13.0. The maximum atomic E-state index is 13.0. The second-order valence-corrected chi connectivity index (χ2v) is 7.86. The number of hydrogen-bond donors (Lipinski definition) is 0. The van der Waals surface area contributed by atoms with Crippen LogP contribution in [0.5, 0.6) is 0 Å². The molecule has 0 aliphatic carbocycles. The Kier molecular flexibility index (Phi) is 4.87. The van der Waals surface area contributed by atoms with Crippen LogP contribution in [-0.4, -0.2) is 61.2 Å². The van der Waals surface area contributed by atoms with Gasteiger partial charge < -0.3 is 9.32 Å². The summed E-state index contributed by atoms with van der Waals surface area (Å²) in [5.41, 5.74) is 0. The highest BCUT2D eigenvalue weighted by Gasteiger charge is 2.40. The Labute approximate surface area is 132 Å². The fourth-order valence-corrected chi connectivity index (χ4v) is 5.28. The summed E-state index contributed by atoms with van der Waals surface area (Å²) in [5, 5.41) is 0. The molecule has 124 valence electrons. The lowest BCUT2D eigenvalue weighted by molar-refractivity contribution is 0.287. The van der Waals surface area contributed by atoms with Crippen molar-refractivity contribution in [2.45, 2.75) is 32.2 Å². The zero-order chi connectivity index (χ0) is 15.6. The van der Waals surface area contributed by atoms with Crippen LogP contribution in [0.1, 0.15) is 38.0 Å². The third kappa shape index (κ3) is 3.08.